The summed E-state index contributed by atoms with van der Waals surface area (Å²) in [7, 11) is 0. The molecule has 2 atom stereocenters. The first-order valence-corrected chi connectivity index (χ1v) is 9.05. The third-order valence-corrected chi connectivity index (χ3v) is 5.16. The van der Waals surface area contributed by atoms with E-state index < -0.39 is 6.04 Å². The second-order valence-electron chi connectivity index (χ2n) is 5.59. The van der Waals surface area contributed by atoms with E-state index in [1.807, 2.05) is 24.4 Å². The number of nitrogens with one attached hydrogen (secondary N) is 2. The molecular formula is C15H20N4O2S2. The average molecular weight is 352 g/mol. The van der Waals surface area contributed by atoms with Gasteiger partial charge < -0.3 is 10.1 Å². The lowest BCUT2D eigenvalue weighted by Gasteiger charge is -2.16. The minimum atomic E-state index is -0.414. The van der Waals surface area contributed by atoms with Gasteiger partial charge in [-0.2, -0.15) is 5.10 Å². The highest BCUT2D eigenvalue weighted by Gasteiger charge is 2.22. The van der Waals surface area contributed by atoms with E-state index in [2.05, 4.69) is 15.5 Å². The quantitative estimate of drug-likeness (QED) is 0.784. The molecule has 0 spiro atoms. The highest BCUT2D eigenvalue weighted by atomic mass is 32.1. The molecule has 6 nitrogen and oxygen atoms in total. The molecular weight excluding hydrogens is 332 g/mol. The van der Waals surface area contributed by atoms with Gasteiger partial charge in [0.1, 0.15) is 6.04 Å². The molecule has 2 aromatic heterocycles. The minimum Gasteiger partial charge on any atom is -0.378 e. The lowest BCUT2D eigenvalue weighted by atomic mass is 10.2. The summed E-state index contributed by atoms with van der Waals surface area (Å²) in [6.07, 6.45) is 3.33. The molecule has 0 bridgehead atoms. The first kappa shape index (κ1) is 16.4. The highest BCUT2D eigenvalue weighted by molar-refractivity contribution is 7.71. The third kappa shape index (κ3) is 3.70. The number of carbonyl (C=O) groups excluding carboxylic acids is 1. The van der Waals surface area contributed by atoms with Crippen LogP contribution in [0.3, 0.4) is 0 Å². The summed E-state index contributed by atoms with van der Waals surface area (Å²) in [4.78, 5) is 13.4. The van der Waals surface area contributed by atoms with Gasteiger partial charge in [0.2, 0.25) is 5.91 Å². The molecule has 1 aliphatic rings. The molecule has 2 N–H and O–H groups in total. The number of aromatic amines is 1. The van der Waals surface area contributed by atoms with Gasteiger partial charge in [0.15, 0.2) is 10.6 Å². The Morgan fingerprint density at radius 2 is 2.57 bits per heavy atom. The molecule has 8 heteroatoms. The summed E-state index contributed by atoms with van der Waals surface area (Å²) in [5.74, 6) is 0.644. The molecule has 0 aromatic carbocycles. The van der Waals surface area contributed by atoms with E-state index in [1.54, 1.807) is 15.9 Å². The maximum atomic E-state index is 12.4. The van der Waals surface area contributed by atoms with E-state index in [1.165, 1.54) is 0 Å². The van der Waals surface area contributed by atoms with E-state index in [-0.39, 0.29) is 12.0 Å². The van der Waals surface area contributed by atoms with Crippen molar-refractivity contribution in [2.24, 2.45) is 0 Å². The van der Waals surface area contributed by atoms with Crippen LogP contribution in [0, 0.1) is 4.77 Å². The smallest absolute Gasteiger partial charge is 0.242 e. The fourth-order valence-electron chi connectivity index (χ4n) is 2.74. The third-order valence-electron chi connectivity index (χ3n) is 4.00. The normalized spacial score (nSPS) is 18.9. The van der Waals surface area contributed by atoms with Crippen molar-refractivity contribution in [1.29, 1.82) is 0 Å². The molecule has 0 radical (unpaired) electrons. The summed E-state index contributed by atoms with van der Waals surface area (Å²) in [5, 5.41) is 12.0. The van der Waals surface area contributed by atoms with Crippen molar-refractivity contribution in [3.8, 4) is 10.7 Å². The number of ether oxygens (including phenoxy) is 1. The first-order chi connectivity index (χ1) is 11.2. The second kappa shape index (κ2) is 7.37. The molecule has 1 amide bonds. The molecule has 3 heterocycles. The number of amides is 1. The van der Waals surface area contributed by atoms with Crippen LogP contribution < -0.4 is 5.32 Å². The number of rotatable bonds is 6. The molecule has 0 unspecified atom stereocenters. The fraction of sp³-hybridized carbons (Fsp3) is 0.533. The molecule has 1 fully saturated rings. The Bertz CT molecular complexity index is 701. The van der Waals surface area contributed by atoms with Crippen LogP contribution >= 0.6 is 23.6 Å². The lowest BCUT2D eigenvalue weighted by molar-refractivity contribution is -0.123. The lowest BCUT2D eigenvalue weighted by Crippen LogP contribution is -2.33. The maximum Gasteiger partial charge on any atom is 0.242 e. The van der Waals surface area contributed by atoms with Crippen molar-refractivity contribution >= 4 is 29.5 Å². The largest absolute Gasteiger partial charge is 0.378 e. The zero-order valence-electron chi connectivity index (χ0n) is 12.9. The van der Waals surface area contributed by atoms with Gasteiger partial charge in [-0.1, -0.05) is 6.07 Å². The fourth-order valence-corrected chi connectivity index (χ4v) is 3.74. The predicted octanol–water partition coefficient (Wildman–Crippen LogP) is 2.92. The number of hydrogen-bond donors (Lipinski definition) is 2. The van der Waals surface area contributed by atoms with Crippen molar-refractivity contribution < 1.29 is 9.53 Å². The van der Waals surface area contributed by atoms with E-state index in [4.69, 9.17) is 17.0 Å². The Hall–Kier alpha value is -1.51. The molecule has 2 aromatic rings. The van der Waals surface area contributed by atoms with Gasteiger partial charge in [0.05, 0.1) is 11.0 Å². The summed E-state index contributed by atoms with van der Waals surface area (Å²) in [6, 6.07) is 3.51. The van der Waals surface area contributed by atoms with Gasteiger partial charge in [0.25, 0.3) is 0 Å². The molecule has 124 valence electrons. The summed E-state index contributed by atoms with van der Waals surface area (Å²) < 4.78 is 7.79. The van der Waals surface area contributed by atoms with E-state index in [9.17, 15) is 4.79 Å². The van der Waals surface area contributed by atoms with Crippen LogP contribution in [0.15, 0.2) is 17.5 Å². The number of aromatic nitrogens is 3. The summed E-state index contributed by atoms with van der Waals surface area (Å²) >= 11 is 6.86. The molecule has 0 aliphatic carbocycles. The highest BCUT2D eigenvalue weighted by Crippen LogP contribution is 2.25. The zero-order valence-corrected chi connectivity index (χ0v) is 14.6. The van der Waals surface area contributed by atoms with E-state index in [0.717, 1.165) is 30.7 Å². The SMILES string of the molecule is C[C@@H](C(=O)NCC[C@@H]1CCCO1)n1c(-c2cccs2)n[nH]c1=S. The monoisotopic (exact) mass is 352 g/mol. The van der Waals surface area contributed by atoms with Gasteiger partial charge in [-0.25, -0.2) is 0 Å². The van der Waals surface area contributed by atoms with Crippen molar-refractivity contribution in [3.63, 3.8) is 0 Å². The van der Waals surface area contributed by atoms with Crippen molar-refractivity contribution in [3.05, 3.63) is 22.3 Å². The zero-order chi connectivity index (χ0) is 16.2. The average Bonchev–Trinajstić information content (AvgIpc) is 3.27. The summed E-state index contributed by atoms with van der Waals surface area (Å²) in [5.41, 5.74) is 0. The van der Waals surface area contributed by atoms with Gasteiger partial charge in [-0.15, -0.1) is 11.3 Å². The molecule has 1 saturated heterocycles. The van der Waals surface area contributed by atoms with Crippen molar-refractivity contribution in [1.82, 2.24) is 20.1 Å². The van der Waals surface area contributed by atoms with Gasteiger partial charge in [-0.05, 0) is 49.9 Å². The van der Waals surface area contributed by atoms with Crippen LogP contribution in [-0.2, 0) is 9.53 Å². The van der Waals surface area contributed by atoms with Crippen molar-refractivity contribution in [2.45, 2.75) is 38.3 Å². The van der Waals surface area contributed by atoms with E-state index in [0.29, 0.717) is 17.1 Å². The van der Waals surface area contributed by atoms with Crippen LogP contribution in [0.4, 0.5) is 0 Å². The Morgan fingerprint density at radius 3 is 3.26 bits per heavy atom. The maximum absolute atomic E-state index is 12.4. The number of thiophene rings is 1. The molecule has 0 saturated carbocycles. The Balaban J connectivity index is 1.65. The second-order valence-corrected chi connectivity index (χ2v) is 6.92. The number of carbonyl (C=O) groups is 1. The summed E-state index contributed by atoms with van der Waals surface area (Å²) in [6.45, 7) is 3.29. The van der Waals surface area contributed by atoms with Gasteiger partial charge >= 0.3 is 0 Å². The van der Waals surface area contributed by atoms with Crippen LogP contribution in [0.1, 0.15) is 32.2 Å². The van der Waals surface area contributed by atoms with Crippen LogP contribution in [-0.4, -0.2) is 39.9 Å². The topological polar surface area (TPSA) is 71.9 Å². The molecule has 3 rings (SSSR count). The van der Waals surface area contributed by atoms with Crippen LogP contribution in [0.2, 0.25) is 0 Å². The Labute approximate surface area is 143 Å². The predicted molar refractivity (Wildman–Crippen MR) is 92.0 cm³/mol. The van der Waals surface area contributed by atoms with Gasteiger partial charge in [-0.3, -0.25) is 14.5 Å². The van der Waals surface area contributed by atoms with Crippen LogP contribution in [0.5, 0.6) is 0 Å². The van der Waals surface area contributed by atoms with E-state index >= 15 is 0 Å². The number of hydrogen-bond acceptors (Lipinski definition) is 5. The van der Waals surface area contributed by atoms with Crippen molar-refractivity contribution in [2.75, 3.05) is 13.2 Å². The van der Waals surface area contributed by atoms with Gasteiger partial charge in [0, 0.05) is 13.2 Å². The standard InChI is InChI=1S/C15H20N4O2S2/c1-10(14(20)16-7-6-11-4-2-8-21-11)19-13(17-18-15(19)22)12-5-3-9-23-12/h3,5,9-11H,2,4,6-8H2,1H3,(H,16,20)(H,18,22)/t10-,11-/m0/s1. The minimum absolute atomic E-state index is 0.0571. The van der Waals surface area contributed by atoms with Crippen LogP contribution in [0.25, 0.3) is 10.7 Å². The Morgan fingerprint density at radius 1 is 1.70 bits per heavy atom. The Kier molecular flexibility index (Phi) is 5.24. The number of H-pyrrole nitrogens is 1. The number of nitrogens with zero attached hydrogens (tertiary/aromatic N) is 2. The molecule has 23 heavy (non-hydrogen) atoms. The molecule has 1 aliphatic heterocycles. The first-order valence-electron chi connectivity index (χ1n) is 7.77.